The molecule has 2 N–H and O–H groups in total. The first-order chi connectivity index (χ1) is 12.3. The van der Waals surface area contributed by atoms with Crippen LogP contribution >= 0.6 is 11.3 Å². The maximum absolute atomic E-state index is 13.1. The van der Waals surface area contributed by atoms with Gasteiger partial charge >= 0.3 is 0 Å². The summed E-state index contributed by atoms with van der Waals surface area (Å²) in [5.41, 5.74) is 0.883. The van der Waals surface area contributed by atoms with E-state index in [9.17, 15) is 4.79 Å². The number of carbonyl (C=O) groups is 1. The second-order valence-corrected chi connectivity index (χ2v) is 6.80. The Hall–Kier alpha value is -2.58. The highest BCUT2D eigenvalue weighted by Crippen LogP contribution is 2.30. The monoisotopic (exact) mass is 354 g/mol. The van der Waals surface area contributed by atoms with Gasteiger partial charge in [0.1, 0.15) is 11.2 Å². The molecule has 25 heavy (non-hydrogen) atoms. The summed E-state index contributed by atoms with van der Waals surface area (Å²) in [5.74, 6) is -0.0698. The number of nitrogens with zero attached hydrogens (tertiary/aromatic N) is 4. The lowest BCUT2D eigenvalue weighted by Gasteiger charge is -2.36. The molecule has 0 bridgehead atoms. The van der Waals surface area contributed by atoms with Gasteiger partial charge in [0.2, 0.25) is 0 Å². The fourth-order valence-corrected chi connectivity index (χ4v) is 3.80. The zero-order chi connectivity index (χ0) is 17.1. The minimum atomic E-state index is -0.675. The number of thiazole rings is 1. The Balaban J connectivity index is 1.57. The van der Waals surface area contributed by atoms with Gasteiger partial charge in [-0.2, -0.15) is 5.10 Å². The van der Waals surface area contributed by atoms with E-state index >= 15 is 0 Å². The molecule has 4 heterocycles. The van der Waals surface area contributed by atoms with Gasteiger partial charge in [-0.15, -0.1) is 11.3 Å². The molecule has 3 aromatic rings. The summed E-state index contributed by atoms with van der Waals surface area (Å²) in [6.07, 6.45) is 6.68. The summed E-state index contributed by atoms with van der Waals surface area (Å²) < 4.78 is 1.77. The fraction of sp³-hybridized carbons (Fsp3) is 0.294. The molecule has 0 unspecified atom stereocenters. The van der Waals surface area contributed by atoms with Crippen molar-refractivity contribution in [3.63, 3.8) is 0 Å². The topological polar surface area (TPSA) is 84.7 Å². The first kappa shape index (κ1) is 15.9. The van der Waals surface area contributed by atoms with Gasteiger partial charge in [-0.1, -0.05) is 6.07 Å². The van der Waals surface area contributed by atoms with Gasteiger partial charge in [0, 0.05) is 24.0 Å². The number of nitrogens with one attached hydrogen (secondary N) is 2. The van der Waals surface area contributed by atoms with E-state index in [1.165, 1.54) is 11.3 Å². The average Bonchev–Trinajstić information content (AvgIpc) is 3.35. The predicted octanol–water partition coefficient (Wildman–Crippen LogP) is 2.12. The average molecular weight is 354 g/mol. The van der Waals surface area contributed by atoms with Crippen LogP contribution in [-0.2, 0) is 10.3 Å². The highest BCUT2D eigenvalue weighted by molar-refractivity contribution is 7.14. The minimum absolute atomic E-state index is 0.0698. The molecule has 1 aliphatic heterocycles. The number of anilines is 1. The number of carbonyl (C=O) groups excluding carboxylic acids is 1. The number of hydrogen-bond acceptors (Lipinski definition) is 6. The number of aromatic nitrogens is 4. The van der Waals surface area contributed by atoms with E-state index in [2.05, 4.69) is 25.7 Å². The Morgan fingerprint density at radius 2 is 2.08 bits per heavy atom. The van der Waals surface area contributed by atoms with Crippen LogP contribution in [0, 0.1) is 0 Å². The van der Waals surface area contributed by atoms with E-state index in [1.807, 2.05) is 35.8 Å². The Morgan fingerprint density at radius 3 is 2.80 bits per heavy atom. The van der Waals surface area contributed by atoms with E-state index < -0.39 is 5.54 Å². The molecule has 1 aliphatic rings. The van der Waals surface area contributed by atoms with Gasteiger partial charge in [-0.3, -0.25) is 19.8 Å². The summed E-state index contributed by atoms with van der Waals surface area (Å²) in [6.45, 7) is 1.56. The van der Waals surface area contributed by atoms with Crippen LogP contribution in [0.3, 0.4) is 0 Å². The zero-order valence-electron chi connectivity index (χ0n) is 13.6. The molecule has 1 amide bonds. The maximum Gasteiger partial charge on any atom is 0.254 e. The van der Waals surface area contributed by atoms with Crippen LogP contribution in [0.1, 0.15) is 12.8 Å². The number of hydrogen-bond donors (Lipinski definition) is 2. The van der Waals surface area contributed by atoms with E-state index in [-0.39, 0.29) is 5.91 Å². The summed E-state index contributed by atoms with van der Waals surface area (Å²) in [5, 5.41) is 13.1. The van der Waals surface area contributed by atoms with Crippen molar-refractivity contribution in [3.8, 4) is 11.4 Å². The summed E-state index contributed by atoms with van der Waals surface area (Å²) in [4.78, 5) is 21.9. The van der Waals surface area contributed by atoms with Crippen molar-refractivity contribution in [3.05, 3.63) is 48.2 Å². The molecule has 0 radical (unpaired) electrons. The standard InChI is InChI=1S/C17H18N6OS/c24-15(17(5-9-18-10-6-17)23-11-3-8-20-23)22-16-21-14(12-25-16)13-4-1-2-7-19-13/h1-4,7-8,11-12,18H,5-6,9-10H2,(H,21,22,24). The summed E-state index contributed by atoms with van der Waals surface area (Å²) >= 11 is 1.40. The van der Waals surface area contributed by atoms with E-state index in [0.29, 0.717) is 18.0 Å². The van der Waals surface area contributed by atoms with Crippen molar-refractivity contribution in [1.29, 1.82) is 0 Å². The fourth-order valence-electron chi connectivity index (χ4n) is 3.10. The molecule has 4 rings (SSSR count). The number of amides is 1. The number of piperidine rings is 1. The SMILES string of the molecule is O=C(Nc1nc(-c2ccccn2)cs1)C1(n2cccn2)CCNCC1. The lowest BCUT2D eigenvalue weighted by atomic mass is 9.87. The van der Waals surface area contributed by atoms with Crippen LogP contribution in [0.5, 0.6) is 0 Å². The Kier molecular flexibility index (Phi) is 4.29. The molecule has 8 heteroatoms. The lowest BCUT2D eigenvalue weighted by molar-refractivity contribution is -0.126. The van der Waals surface area contributed by atoms with Crippen molar-refractivity contribution < 1.29 is 4.79 Å². The van der Waals surface area contributed by atoms with Gasteiger partial charge in [0.15, 0.2) is 5.13 Å². The second-order valence-electron chi connectivity index (χ2n) is 5.94. The number of pyridine rings is 1. The Morgan fingerprint density at radius 1 is 1.20 bits per heavy atom. The third kappa shape index (κ3) is 3.06. The molecule has 0 atom stereocenters. The van der Waals surface area contributed by atoms with Crippen molar-refractivity contribution in [1.82, 2.24) is 25.1 Å². The van der Waals surface area contributed by atoms with Crippen molar-refractivity contribution >= 4 is 22.4 Å². The van der Waals surface area contributed by atoms with Crippen LogP contribution in [0.15, 0.2) is 48.2 Å². The quantitative estimate of drug-likeness (QED) is 0.750. The summed E-state index contributed by atoms with van der Waals surface area (Å²) in [7, 11) is 0. The minimum Gasteiger partial charge on any atom is -0.317 e. The van der Waals surface area contributed by atoms with Crippen molar-refractivity contribution in [2.45, 2.75) is 18.4 Å². The molecule has 1 fully saturated rings. The predicted molar refractivity (Wildman–Crippen MR) is 96.3 cm³/mol. The van der Waals surface area contributed by atoms with Gasteiger partial charge in [-0.05, 0) is 44.1 Å². The third-order valence-corrected chi connectivity index (χ3v) is 5.21. The Labute approximate surface area is 149 Å². The highest BCUT2D eigenvalue weighted by atomic mass is 32.1. The molecule has 0 aliphatic carbocycles. The highest BCUT2D eigenvalue weighted by Gasteiger charge is 2.42. The van der Waals surface area contributed by atoms with Crippen LogP contribution < -0.4 is 10.6 Å². The largest absolute Gasteiger partial charge is 0.317 e. The summed E-state index contributed by atoms with van der Waals surface area (Å²) in [6, 6.07) is 7.53. The van der Waals surface area contributed by atoms with Crippen LogP contribution in [0.25, 0.3) is 11.4 Å². The van der Waals surface area contributed by atoms with Gasteiger partial charge in [0.05, 0.1) is 5.69 Å². The molecule has 0 aromatic carbocycles. The third-order valence-electron chi connectivity index (χ3n) is 4.45. The smallest absolute Gasteiger partial charge is 0.254 e. The Bertz CT molecular complexity index is 839. The molecule has 1 saturated heterocycles. The van der Waals surface area contributed by atoms with Gasteiger partial charge in [0.25, 0.3) is 5.91 Å². The molecular weight excluding hydrogens is 336 g/mol. The van der Waals surface area contributed by atoms with Crippen LogP contribution in [0.4, 0.5) is 5.13 Å². The van der Waals surface area contributed by atoms with Gasteiger partial charge < -0.3 is 5.32 Å². The number of rotatable bonds is 4. The van der Waals surface area contributed by atoms with Crippen LogP contribution in [0.2, 0.25) is 0 Å². The molecule has 0 spiro atoms. The molecule has 3 aromatic heterocycles. The molecular formula is C17H18N6OS. The van der Waals surface area contributed by atoms with E-state index in [0.717, 1.165) is 24.5 Å². The van der Waals surface area contributed by atoms with Crippen LogP contribution in [-0.4, -0.2) is 38.7 Å². The van der Waals surface area contributed by atoms with Gasteiger partial charge in [-0.25, -0.2) is 4.98 Å². The van der Waals surface area contributed by atoms with E-state index in [4.69, 9.17) is 0 Å². The molecule has 7 nitrogen and oxygen atoms in total. The normalized spacial score (nSPS) is 16.5. The van der Waals surface area contributed by atoms with Crippen molar-refractivity contribution in [2.24, 2.45) is 0 Å². The lowest BCUT2D eigenvalue weighted by Crippen LogP contribution is -2.52. The van der Waals surface area contributed by atoms with E-state index in [1.54, 1.807) is 17.1 Å². The van der Waals surface area contributed by atoms with Crippen molar-refractivity contribution in [2.75, 3.05) is 18.4 Å². The first-order valence-electron chi connectivity index (χ1n) is 8.17. The second kappa shape index (κ2) is 6.73. The zero-order valence-corrected chi connectivity index (χ0v) is 14.4. The molecule has 0 saturated carbocycles. The maximum atomic E-state index is 13.1. The first-order valence-corrected chi connectivity index (χ1v) is 9.05. The molecule has 128 valence electrons.